The van der Waals surface area contributed by atoms with Gasteiger partial charge in [-0.05, 0) is 49.4 Å². The second-order valence-electron chi connectivity index (χ2n) is 14.9. The topological polar surface area (TPSA) is 74.8 Å². The van der Waals surface area contributed by atoms with E-state index in [0.717, 1.165) is 87.8 Å². The molecule has 0 aliphatic rings. The highest BCUT2D eigenvalue weighted by Gasteiger charge is 2.24. The van der Waals surface area contributed by atoms with Crippen LogP contribution in [-0.4, -0.2) is 24.1 Å². The first-order chi connectivity index (χ1) is 29.1. The van der Waals surface area contributed by atoms with E-state index in [1.165, 1.54) is 10.8 Å². The molecular weight excluding hydrogens is 727 g/mol. The third-order valence-corrected chi connectivity index (χ3v) is 11.5. The molecule has 12 aromatic rings. The maximum absolute atomic E-state index is 6.78. The van der Waals surface area contributed by atoms with Crippen molar-refractivity contribution in [3.05, 3.63) is 187 Å². The lowest BCUT2D eigenvalue weighted by atomic mass is 10.1. The first kappa shape index (κ1) is 33.1. The fourth-order valence-corrected chi connectivity index (χ4v) is 8.89. The Labute approximate surface area is 336 Å². The summed E-state index contributed by atoms with van der Waals surface area (Å²) >= 11 is 0. The highest BCUT2D eigenvalue weighted by atomic mass is 16.3. The number of hydrogen-bond acceptors (Lipinski definition) is 5. The number of nitrogens with zero attached hydrogens (tertiary/aromatic N) is 5. The van der Waals surface area contributed by atoms with Crippen molar-refractivity contribution >= 4 is 88.2 Å². The van der Waals surface area contributed by atoms with Crippen molar-refractivity contribution in [1.82, 2.24) is 24.1 Å². The molecule has 0 N–H and O–H groups in total. The number of hydrogen-bond donors (Lipinski definition) is 0. The largest absolute Gasteiger partial charge is 0.456 e. The second-order valence-corrected chi connectivity index (χ2v) is 14.9. The van der Waals surface area contributed by atoms with Gasteiger partial charge in [-0.2, -0.15) is 9.97 Å². The van der Waals surface area contributed by atoms with Crippen LogP contribution in [0.4, 0.5) is 0 Å². The van der Waals surface area contributed by atoms with Gasteiger partial charge in [-0.1, -0.05) is 134 Å². The van der Waals surface area contributed by atoms with Crippen molar-refractivity contribution in [2.45, 2.75) is 6.92 Å². The number of furan rings is 2. The lowest BCUT2D eigenvalue weighted by molar-refractivity contribution is 0.571. The van der Waals surface area contributed by atoms with E-state index >= 15 is 0 Å². The molecule has 0 unspecified atom stereocenters. The van der Waals surface area contributed by atoms with Crippen molar-refractivity contribution in [2.24, 2.45) is 0 Å². The molecule has 0 bridgehead atoms. The van der Waals surface area contributed by atoms with Crippen LogP contribution in [0.3, 0.4) is 0 Å². The molecule has 0 atom stereocenters. The van der Waals surface area contributed by atoms with E-state index in [4.69, 9.17) is 23.8 Å². The monoisotopic (exact) mass is 759 g/mol. The summed E-state index contributed by atoms with van der Waals surface area (Å²) in [4.78, 5) is 15.8. The molecule has 278 valence electrons. The number of benzene rings is 7. The van der Waals surface area contributed by atoms with Gasteiger partial charge in [0.2, 0.25) is 5.95 Å². The predicted octanol–water partition coefficient (Wildman–Crippen LogP) is 11.6. The van der Waals surface area contributed by atoms with E-state index in [1.807, 2.05) is 79.7 Å². The normalized spacial score (nSPS) is 12.9. The molecular formula is C52H33N5O2. The Morgan fingerprint density at radius 1 is 0.542 bits per heavy atom. The summed E-state index contributed by atoms with van der Waals surface area (Å²) in [5, 5.41) is 8.47. The van der Waals surface area contributed by atoms with Gasteiger partial charge in [0.15, 0.2) is 17.2 Å². The Morgan fingerprint density at radius 3 is 1.90 bits per heavy atom. The van der Waals surface area contributed by atoms with E-state index in [9.17, 15) is 0 Å². The number of fused-ring (bicyclic) bond motifs is 11. The fraction of sp³-hybridized carbons (Fsp3) is 0.0192. The molecule has 0 saturated carbocycles. The lowest BCUT2D eigenvalue weighted by Crippen LogP contribution is -2.23. The molecule has 5 aromatic heterocycles. The molecule has 0 aliphatic carbocycles. The van der Waals surface area contributed by atoms with Crippen molar-refractivity contribution in [2.75, 3.05) is 0 Å². The van der Waals surface area contributed by atoms with Gasteiger partial charge < -0.3 is 13.4 Å². The van der Waals surface area contributed by atoms with Crippen LogP contribution in [-0.2, 0) is 0 Å². The SMILES string of the molecule is C=C/C=c1\c(=C(/C)c2nc(-c3ccccc3)nc(-n3c4cc(-n5c6ccccc6c6ccccc65)ccc4c4ccc5c6ccccc6oc5c43)n2)oc2ccccc12. The standard InChI is InChI=1S/C52H33N5O2/c1-3-15-40-37-20-9-13-24-45(37)58-48(40)31(2)50-53-51(32-16-5-4-6-17-32)55-52(54-50)57-44-30-33(56-42-22-11-7-18-34(42)35-19-8-12-23-43(35)56)26-27-36(44)39-28-29-41-38-21-10-14-25-46(38)59-49(41)47(39)57/h3-30H,1H2,2H3/b40-15-,48-31-. The van der Waals surface area contributed by atoms with Crippen LogP contribution in [0.25, 0.3) is 111 Å². The minimum absolute atomic E-state index is 0.464. The zero-order valence-electron chi connectivity index (χ0n) is 31.9. The fourth-order valence-electron chi connectivity index (χ4n) is 8.89. The first-order valence-electron chi connectivity index (χ1n) is 19.6. The Balaban J connectivity index is 1.23. The van der Waals surface area contributed by atoms with Crippen molar-refractivity contribution in [3.8, 4) is 23.0 Å². The summed E-state index contributed by atoms with van der Waals surface area (Å²) in [5.74, 6) is 1.50. The zero-order valence-corrected chi connectivity index (χ0v) is 31.9. The van der Waals surface area contributed by atoms with Gasteiger partial charge in [0.1, 0.15) is 22.1 Å². The van der Waals surface area contributed by atoms with Gasteiger partial charge in [0.25, 0.3) is 0 Å². The van der Waals surface area contributed by atoms with Crippen molar-refractivity contribution < 1.29 is 8.83 Å². The van der Waals surface area contributed by atoms with Crippen LogP contribution >= 0.6 is 0 Å². The van der Waals surface area contributed by atoms with Gasteiger partial charge in [-0.25, -0.2) is 4.98 Å². The van der Waals surface area contributed by atoms with E-state index < -0.39 is 0 Å². The molecule has 5 heterocycles. The van der Waals surface area contributed by atoms with Crippen LogP contribution in [0.2, 0.25) is 0 Å². The molecule has 0 amide bonds. The molecule has 12 rings (SSSR count). The summed E-state index contributed by atoms with van der Waals surface area (Å²) in [5.41, 5.74) is 9.78. The van der Waals surface area contributed by atoms with E-state index in [0.29, 0.717) is 23.0 Å². The summed E-state index contributed by atoms with van der Waals surface area (Å²) in [6.45, 7) is 6.02. The average molecular weight is 760 g/mol. The molecule has 7 heteroatoms. The smallest absolute Gasteiger partial charge is 0.238 e. The molecule has 0 aliphatic heterocycles. The summed E-state index contributed by atoms with van der Waals surface area (Å²) in [6, 6.07) is 54.5. The Morgan fingerprint density at radius 2 is 1.15 bits per heavy atom. The molecule has 0 radical (unpaired) electrons. The van der Waals surface area contributed by atoms with Crippen LogP contribution in [0.1, 0.15) is 12.7 Å². The van der Waals surface area contributed by atoms with Gasteiger partial charge in [0, 0.05) is 59.7 Å². The molecule has 59 heavy (non-hydrogen) atoms. The summed E-state index contributed by atoms with van der Waals surface area (Å²) in [6.07, 6.45) is 3.76. The van der Waals surface area contributed by atoms with Crippen molar-refractivity contribution in [1.29, 1.82) is 0 Å². The summed E-state index contributed by atoms with van der Waals surface area (Å²) in [7, 11) is 0. The van der Waals surface area contributed by atoms with Gasteiger partial charge >= 0.3 is 0 Å². The third-order valence-electron chi connectivity index (χ3n) is 11.5. The van der Waals surface area contributed by atoms with Crippen LogP contribution in [0.15, 0.2) is 179 Å². The number of rotatable bonds is 5. The van der Waals surface area contributed by atoms with E-state index in [2.05, 4.69) is 107 Å². The minimum atomic E-state index is 0.464. The van der Waals surface area contributed by atoms with Gasteiger partial charge in [-0.3, -0.25) is 4.57 Å². The Hall–Kier alpha value is -8.03. The second kappa shape index (κ2) is 12.7. The number of aromatic nitrogens is 5. The predicted molar refractivity (Wildman–Crippen MR) is 240 cm³/mol. The molecule has 0 fully saturated rings. The molecule has 0 saturated heterocycles. The van der Waals surface area contributed by atoms with E-state index in [-0.39, 0.29) is 0 Å². The maximum atomic E-state index is 6.78. The minimum Gasteiger partial charge on any atom is -0.456 e. The Bertz CT molecular complexity index is 3770. The van der Waals surface area contributed by atoms with Crippen molar-refractivity contribution in [3.63, 3.8) is 0 Å². The number of para-hydroxylation sites is 4. The average Bonchev–Trinajstić information content (AvgIpc) is 4.04. The van der Waals surface area contributed by atoms with Crippen LogP contribution in [0.5, 0.6) is 0 Å². The van der Waals surface area contributed by atoms with E-state index in [1.54, 1.807) is 6.08 Å². The highest BCUT2D eigenvalue weighted by Crippen LogP contribution is 2.41. The van der Waals surface area contributed by atoms with Crippen LogP contribution < -0.4 is 10.6 Å². The first-order valence-corrected chi connectivity index (χ1v) is 19.6. The molecule has 0 spiro atoms. The quantitative estimate of drug-likeness (QED) is 0.175. The number of allylic oxidation sites excluding steroid dienone is 1. The Kier molecular flexibility index (Phi) is 7.16. The lowest BCUT2D eigenvalue weighted by Gasteiger charge is -2.12. The highest BCUT2D eigenvalue weighted by molar-refractivity contribution is 6.21. The maximum Gasteiger partial charge on any atom is 0.238 e. The molecule has 7 aromatic carbocycles. The van der Waals surface area contributed by atoms with Gasteiger partial charge in [-0.15, -0.1) is 0 Å². The van der Waals surface area contributed by atoms with Gasteiger partial charge in [0.05, 0.1) is 16.6 Å². The van der Waals surface area contributed by atoms with Crippen LogP contribution in [0, 0.1) is 0 Å². The molecule has 7 nitrogen and oxygen atoms in total. The third kappa shape index (κ3) is 4.91. The zero-order chi connectivity index (χ0) is 39.2. The summed E-state index contributed by atoms with van der Waals surface area (Å²) < 4.78 is 17.8.